The number of hydrogen-bond donors (Lipinski definition) is 0. The van der Waals surface area contributed by atoms with E-state index in [0.29, 0.717) is 0 Å². The summed E-state index contributed by atoms with van der Waals surface area (Å²) in [5.41, 5.74) is 7.75. The molecule has 0 aliphatic carbocycles. The van der Waals surface area contributed by atoms with Gasteiger partial charge in [0, 0.05) is 29.2 Å². The lowest BCUT2D eigenvalue weighted by molar-refractivity contribution is 0.414. The molecule has 0 N–H and O–H groups in total. The van der Waals surface area contributed by atoms with Crippen molar-refractivity contribution in [3.05, 3.63) is 132 Å². The predicted molar refractivity (Wildman–Crippen MR) is 147 cm³/mol. The highest BCUT2D eigenvalue weighted by Gasteiger charge is 2.12. The Morgan fingerprint density at radius 1 is 0.657 bits per heavy atom. The Morgan fingerprint density at radius 3 is 1.74 bits per heavy atom. The van der Waals surface area contributed by atoms with Crippen LogP contribution >= 0.6 is 0 Å². The molecule has 0 spiro atoms. The molecule has 0 fully saturated rings. The Morgan fingerprint density at radius 2 is 1.23 bits per heavy atom. The van der Waals surface area contributed by atoms with Crippen LogP contribution in [0.5, 0.6) is 11.5 Å². The van der Waals surface area contributed by atoms with E-state index in [9.17, 15) is 0 Å². The van der Waals surface area contributed by atoms with Gasteiger partial charge in [-0.2, -0.15) is 0 Å². The Bertz CT molecular complexity index is 1260. The molecule has 176 valence electrons. The van der Waals surface area contributed by atoms with Gasteiger partial charge in [0.05, 0.1) is 14.2 Å². The lowest BCUT2D eigenvalue weighted by Gasteiger charge is -2.23. The first-order valence-electron chi connectivity index (χ1n) is 11.7. The molecule has 4 aromatic rings. The molecule has 0 aliphatic rings. The summed E-state index contributed by atoms with van der Waals surface area (Å²) >= 11 is 0. The lowest BCUT2D eigenvalue weighted by Crippen LogP contribution is -2.09. The first-order chi connectivity index (χ1) is 17.1. The van der Waals surface area contributed by atoms with Gasteiger partial charge in [-0.3, -0.25) is 0 Å². The number of methoxy groups -OCH3 is 2. The fourth-order valence-electron chi connectivity index (χ4n) is 3.99. The predicted octanol–water partition coefficient (Wildman–Crippen LogP) is 8.35. The van der Waals surface area contributed by atoms with Crippen molar-refractivity contribution in [2.75, 3.05) is 19.1 Å². The van der Waals surface area contributed by atoms with Gasteiger partial charge in [0.15, 0.2) is 0 Å². The number of rotatable bonds is 8. The van der Waals surface area contributed by atoms with Crippen LogP contribution in [-0.4, -0.2) is 14.2 Å². The molecule has 4 rings (SSSR count). The Balaban J connectivity index is 1.80. The third kappa shape index (κ3) is 5.82. The van der Waals surface area contributed by atoms with Crippen molar-refractivity contribution >= 4 is 23.0 Å². The lowest BCUT2D eigenvalue weighted by atomic mass is 9.95. The second-order valence-corrected chi connectivity index (χ2v) is 8.49. The third-order valence-corrected chi connectivity index (χ3v) is 5.70. The maximum atomic E-state index is 5.87. The van der Waals surface area contributed by atoms with Crippen LogP contribution in [0.15, 0.2) is 115 Å². The van der Waals surface area contributed by atoms with Crippen molar-refractivity contribution in [2.45, 2.75) is 13.8 Å². The summed E-state index contributed by atoms with van der Waals surface area (Å²) in [6.45, 7) is 4.19. The first-order valence-corrected chi connectivity index (χ1v) is 11.7. The standard InChI is InChI=1S/C32H31NO2/c1-24(2)23-33(28-17-19-30(34-3)20-18-28)29-16-15-27(32(22-29)35-4)21-31(25-11-7-5-8-12-25)26-13-9-6-10-14-26/h5-23H,1-4H3. The minimum absolute atomic E-state index is 0.813. The SMILES string of the molecule is COc1ccc(N(C=C(C)C)c2ccc(C=C(c3ccccc3)c3ccccc3)c(OC)c2)cc1. The van der Waals surface area contributed by atoms with E-state index < -0.39 is 0 Å². The molecule has 0 radical (unpaired) electrons. The van der Waals surface area contributed by atoms with Crippen LogP contribution in [0, 0.1) is 0 Å². The number of ether oxygens (including phenoxy) is 2. The fraction of sp³-hybridized carbons (Fsp3) is 0.125. The van der Waals surface area contributed by atoms with E-state index in [-0.39, 0.29) is 0 Å². The topological polar surface area (TPSA) is 21.7 Å². The van der Waals surface area contributed by atoms with Crippen LogP contribution in [0.2, 0.25) is 0 Å². The average molecular weight is 462 g/mol. The zero-order chi connectivity index (χ0) is 24.6. The van der Waals surface area contributed by atoms with Crippen molar-refractivity contribution in [1.82, 2.24) is 0 Å². The van der Waals surface area contributed by atoms with Gasteiger partial charge in [-0.05, 0) is 73.0 Å². The molecule has 0 amide bonds. The van der Waals surface area contributed by atoms with Gasteiger partial charge in [0.2, 0.25) is 0 Å². The number of benzene rings is 4. The molecular formula is C32H31NO2. The smallest absolute Gasteiger partial charge is 0.128 e. The molecule has 0 unspecified atom stereocenters. The maximum Gasteiger partial charge on any atom is 0.128 e. The van der Waals surface area contributed by atoms with Crippen molar-refractivity contribution in [1.29, 1.82) is 0 Å². The molecule has 35 heavy (non-hydrogen) atoms. The average Bonchev–Trinajstić information content (AvgIpc) is 2.91. The van der Waals surface area contributed by atoms with E-state index in [2.05, 4.69) is 110 Å². The number of anilines is 2. The zero-order valence-electron chi connectivity index (χ0n) is 20.7. The third-order valence-electron chi connectivity index (χ3n) is 5.70. The summed E-state index contributed by atoms with van der Waals surface area (Å²) in [6, 6.07) is 35.3. The van der Waals surface area contributed by atoms with Crippen LogP contribution in [0.1, 0.15) is 30.5 Å². The minimum Gasteiger partial charge on any atom is -0.497 e. The molecule has 0 saturated heterocycles. The van der Waals surface area contributed by atoms with Gasteiger partial charge in [-0.1, -0.05) is 66.2 Å². The van der Waals surface area contributed by atoms with E-state index in [1.54, 1.807) is 14.2 Å². The molecule has 3 heteroatoms. The Kier molecular flexibility index (Phi) is 7.69. The van der Waals surface area contributed by atoms with Crippen molar-refractivity contribution in [3.8, 4) is 11.5 Å². The second-order valence-electron chi connectivity index (χ2n) is 8.49. The van der Waals surface area contributed by atoms with E-state index in [1.807, 2.05) is 24.3 Å². The normalized spacial score (nSPS) is 10.3. The van der Waals surface area contributed by atoms with Crippen molar-refractivity contribution < 1.29 is 9.47 Å². The van der Waals surface area contributed by atoms with Gasteiger partial charge in [0.25, 0.3) is 0 Å². The number of hydrogen-bond acceptors (Lipinski definition) is 3. The van der Waals surface area contributed by atoms with E-state index >= 15 is 0 Å². The molecule has 3 nitrogen and oxygen atoms in total. The molecule has 0 aromatic heterocycles. The monoisotopic (exact) mass is 461 g/mol. The highest BCUT2D eigenvalue weighted by atomic mass is 16.5. The van der Waals surface area contributed by atoms with E-state index in [1.165, 1.54) is 5.57 Å². The number of allylic oxidation sites excluding steroid dienone is 1. The molecule has 0 saturated carbocycles. The highest BCUT2D eigenvalue weighted by Crippen LogP contribution is 2.35. The Labute approximate surface area is 208 Å². The second kappa shape index (κ2) is 11.3. The molecule has 0 bridgehead atoms. The quantitative estimate of drug-likeness (QED) is 0.246. The maximum absolute atomic E-state index is 5.87. The summed E-state index contributed by atoms with van der Waals surface area (Å²) < 4.78 is 11.2. The molecule has 0 aliphatic heterocycles. The van der Waals surface area contributed by atoms with Crippen LogP contribution in [0.4, 0.5) is 11.4 Å². The van der Waals surface area contributed by atoms with Crippen LogP contribution < -0.4 is 14.4 Å². The molecule has 0 heterocycles. The summed E-state index contributed by atoms with van der Waals surface area (Å²) in [5, 5.41) is 0. The van der Waals surface area contributed by atoms with Crippen LogP contribution in [0.25, 0.3) is 11.6 Å². The summed E-state index contributed by atoms with van der Waals surface area (Å²) in [7, 11) is 3.40. The fourth-order valence-corrected chi connectivity index (χ4v) is 3.99. The zero-order valence-corrected chi connectivity index (χ0v) is 20.7. The molecular weight excluding hydrogens is 430 g/mol. The molecule has 4 aromatic carbocycles. The van der Waals surface area contributed by atoms with Gasteiger partial charge in [-0.15, -0.1) is 0 Å². The van der Waals surface area contributed by atoms with E-state index in [4.69, 9.17) is 9.47 Å². The summed E-state index contributed by atoms with van der Waals surface area (Å²) in [6.07, 6.45) is 4.33. The highest BCUT2D eigenvalue weighted by molar-refractivity contribution is 5.92. The summed E-state index contributed by atoms with van der Waals surface area (Å²) in [4.78, 5) is 2.17. The van der Waals surface area contributed by atoms with Gasteiger partial charge >= 0.3 is 0 Å². The van der Waals surface area contributed by atoms with E-state index in [0.717, 1.165) is 45.1 Å². The summed E-state index contributed by atoms with van der Waals surface area (Å²) in [5.74, 6) is 1.64. The van der Waals surface area contributed by atoms with Crippen LogP contribution in [0.3, 0.4) is 0 Å². The van der Waals surface area contributed by atoms with Gasteiger partial charge in [-0.25, -0.2) is 0 Å². The largest absolute Gasteiger partial charge is 0.497 e. The number of nitrogens with zero attached hydrogens (tertiary/aromatic N) is 1. The van der Waals surface area contributed by atoms with Crippen molar-refractivity contribution in [3.63, 3.8) is 0 Å². The minimum atomic E-state index is 0.813. The van der Waals surface area contributed by atoms with Gasteiger partial charge < -0.3 is 14.4 Å². The molecule has 0 atom stereocenters. The Hall–Kier alpha value is -4.24. The first kappa shape index (κ1) is 23.9. The van der Waals surface area contributed by atoms with Crippen molar-refractivity contribution in [2.24, 2.45) is 0 Å². The van der Waals surface area contributed by atoms with Crippen LogP contribution in [-0.2, 0) is 0 Å². The van der Waals surface area contributed by atoms with Gasteiger partial charge in [0.1, 0.15) is 11.5 Å².